The van der Waals surface area contributed by atoms with Crippen LogP contribution in [0.1, 0.15) is 61.0 Å². The topological polar surface area (TPSA) is 71.9 Å². The van der Waals surface area contributed by atoms with Crippen molar-refractivity contribution in [1.29, 1.82) is 0 Å². The largest absolute Gasteiger partial charge is 0.378 e. The first-order valence-electron chi connectivity index (χ1n) is 14.7. The first kappa shape index (κ1) is 26.1. The number of hydrogen-bond donors (Lipinski definition) is 0. The van der Waals surface area contributed by atoms with Gasteiger partial charge in [-0.3, -0.25) is 19.3 Å². The van der Waals surface area contributed by atoms with Gasteiger partial charge in [0.25, 0.3) is 11.1 Å². The van der Waals surface area contributed by atoms with Crippen LogP contribution in [0.25, 0.3) is 11.8 Å². The summed E-state index contributed by atoms with van der Waals surface area (Å²) in [5, 5.41) is -0.396. The lowest BCUT2D eigenvalue weighted by atomic mass is 9.48. The van der Waals surface area contributed by atoms with Gasteiger partial charge in [-0.2, -0.15) is 0 Å². The summed E-state index contributed by atoms with van der Waals surface area (Å²) in [6.07, 6.45) is 10.2. The molecule has 0 atom stereocenters. The summed E-state index contributed by atoms with van der Waals surface area (Å²) < 4.78 is 7.52. The lowest BCUT2D eigenvalue weighted by Gasteiger charge is -2.57. The Hall–Kier alpha value is -2.84. The number of morpholine rings is 1. The Morgan fingerprint density at radius 3 is 2.25 bits per heavy atom. The van der Waals surface area contributed by atoms with E-state index < -0.39 is 11.1 Å². The van der Waals surface area contributed by atoms with Crippen molar-refractivity contribution in [1.82, 2.24) is 14.4 Å². The molecule has 4 bridgehead atoms. The lowest BCUT2D eigenvalue weighted by molar-refractivity contribution is -0.139. The lowest BCUT2D eigenvalue weighted by Crippen LogP contribution is -2.48. The minimum absolute atomic E-state index is 0.220. The molecule has 6 fully saturated rings. The van der Waals surface area contributed by atoms with Crippen molar-refractivity contribution < 1.29 is 19.1 Å². The molecule has 8 rings (SSSR count). The van der Waals surface area contributed by atoms with Gasteiger partial charge in [0.2, 0.25) is 5.91 Å². The minimum atomic E-state index is -0.402. The van der Waals surface area contributed by atoms with Crippen molar-refractivity contribution in [2.24, 2.45) is 17.8 Å². The van der Waals surface area contributed by atoms with Gasteiger partial charge >= 0.3 is 0 Å². The van der Waals surface area contributed by atoms with Gasteiger partial charge < -0.3 is 14.2 Å². The summed E-state index contributed by atoms with van der Waals surface area (Å²) in [6.45, 7) is 5.84. The van der Waals surface area contributed by atoms with E-state index >= 15 is 0 Å². The number of benzene rings is 1. The molecule has 210 valence electrons. The number of amides is 3. The zero-order valence-electron chi connectivity index (χ0n) is 23.4. The Balaban J connectivity index is 1.10. The molecule has 3 amide bonds. The Labute approximate surface area is 239 Å². The fraction of sp³-hybridized carbons (Fsp3) is 0.531. The summed E-state index contributed by atoms with van der Waals surface area (Å²) >= 11 is 0.908. The molecule has 4 aliphatic carbocycles. The quantitative estimate of drug-likeness (QED) is 0.455. The summed E-state index contributed by atoms with van der Waals surface area (Å²) in [5.41, 5.74) is 6.02. The number of hydrogen-bond acceptors (Lipinski definition) is 5. The number of rotatable bonds is 5. The SMILES string of the molecule is Cc1cc(/C=C2/SC(=O)N(CC(=O)N3CCOCC3)C2=O)c(C)n1-c1ccc(C23CC4CC(CC(C4)C2)C3)cc1. The fourth-order valence-corrected chi connectivity index (χ4v) is 9.41. The molecule has 2 saturated heterocycles. The maximum atomic E-state index is 13.1. The second kappa shape index (κ2) is 9.91. The molecule has 1 aromatic carbocycles. The minimum Gasteiger partial charge on any atom is -0.378 e. The zero-order valence-corrected chi connectivity index (χ0v) is 24.2. The van der Waals surface area contributed by atoms with Crippen molar-refractivity contribution in [3.63, 3.8) is 0 Å². The number of aryl methyl sites for hydroxylation is 1. The van der Waals surface area contributed by atoms with Crippen LogP contribution in [-0.2, 0) is 19.7 Å². The smallest absolute Gasteiger partial charge is 0.294 e. The molecular formula is C32H37N3O4S. The third kappa shape index (κ3) is 4.44. The van der Waals surface area contributed by atoms with E-state index in [-0.39, 0.29) is 12.5 Å². The average Bonchev–Trinajstić information content (AvgIpc) is 3.36. The molecule has 1 aromatic heterocycles. The van der Waals surface area contributed by atoms with Gasteiger partial charge in [0.15, 0.2) is 0 Å². The number of carbonyl (C=O) groups is 3. The number of aromatic nitrogens is 1. The normalized spacial score (nSPS) is 30.6. The third-order valence-electron chi connectivity index (χ3n) is 10.1. The van der Waals surface area contributed by atoms with Crippen LogP contribution in [0.4, 0.5) is 4.79 Å². The van der Waals surface area contributed by atoms with Crippen LogP contribution in [0.3, 0.4) is 0 Å². The molecule has 2 aliphatic heterocycles. The maximum Gasteiger partial charge on any atom is 0.294 e. The van der Waals surface area contributed by atoms with Crippen molar-refractivity contribution in [2.45, 2.75) is 57.8 Å². The molecule has 4 saturated carbocycles. The van der Waals surface area contributed by atoms with Crippen molar-refractivity contribution in [3.05, 3.63) is 57.8 Å². The van der Waals surface area contributed by atoms with Crippen molar-refractivity contribution in [3.8, 4) is 5.69 Å². The molecule has 8 heteroatoms. The van der Waals surface area contributed by atoms with E-state index in [1.165, 1.54) is 44.1 Å². The van der Waals surface area contributed by atoms with E-state index in [0.717, 1.165) is 57.1 Å². The highest BCUT2D eigenvalue weighted by molar-refractivity contribution is 8.18. The predicted octanol–water partition coefficient (Wildman–Crippen LogP) is 5.46. The monoisotopic (exact) mass is 559 g/mol. The summed E-state index contributed by atoms with van der Waals surface area (Å²) in [5.74, 6) is 2.15. The Morgan fingerprint density at radius 2 is 1.62 bits per heavy atom. The number of nitrogens with zero attached hydrogens (tertiary/aromatic N) is 3. The Kier molecular flexibility index (Phi) is 6.46. The molecule has 0 radical (unpaired) electrons. The van der Waals surface area contributed by atoms with Gasteiger partial charge in [-0.1, -0.05) is 12.1 Å². The molecule has 0 spiro atoms. The maximum absolute atomic E-state index is 13.1. The van der Waals surface area contributed by atoms with Gasteiger partial charge in [0.05, 0.1) is 18.1 Å². The van der Waals surface area contributed by atoms with Crippen LogP contribution in [0.15, 0.2) is 35.2 Å². The van der Waals surface area contributed by atoms with E-state index in [1.54, 1.807) is 11.0 Å². The highest BCUT2D eigenvalue weighted by Crippen LogP contribution is 2.60. The highest BCUT2D eigenvalue weighted by atomic mass is 32.2. The second-order valence-electron chi connectivity index (χ2n) is 12.7. The van der Waals surface area contributed by atoms with Crippen LogP contribution >= 0.6 is 11.8 Å². The molecule has 3 heterocycles. The molecule has 6 aliphatic rings. The molecule has 40 heavy (non-hydrogen) atoms. The van der Waals surface area contributed by atoms with E-state index in [1.807, 2.05) is 0 Å². The van der Waals surface area contributed by atoms with Crippen LogP contribution in [0.2, 0.25) is 0 Å². The molecule has 0 N–H and O–H groups in total. The average molecular weight is 560 g/mol. The van der Waals surface area contributed by atoms with Gasteiger partial charge in [-0.05, 0) is 123 Å². The number of ether oxygens (including phenoxy) is 1. The Morgan fingerprint density at radius 1 is 1.00 bits per heavy atom. The standard InChI is InChI=1S/C32H37N3O4S/c1-20-11-25(15-28-30(37)34(31(38)40-28)19-29(36)33-7-9-39-10-8-33)21(2)35(20)27-5-3-26(4-6-27)32-16-22-12-23(17-32)14-24(13-22)18-32/h3-6,11,15,22-24H,7-10,12-14,16-19H2,1-2H3/b28-15+. The van der Waals surface area contributed by atoms with Crippen molar-refractivity contribution >= 4 is 34.9 Å². The van der Waals surface area contributed by atoms with Gasteiger partial charge in [-0.25, -0.2) is 0 Å². The van der Waals surface area contributed by atoms with E-state index in [0.29, 0.717) is 36.6 Å². The molecular weight excluding hydrogens is 522 g/mol. The number of thioether (sulfide) groups is 1. The van der Waals surface area contributed by atoms with Crippen LogP contribution < -0.4 is 0 Å². The molecule has 2 aromatic rings. The highest BCUT2D eigenvalue weighted by Gasteiger charge is 2.51. The first-order valence-corrected chi connectivity index (χ1v) is 15.5. The van der Waals surface area contributed by atoms with Crippen LogP contribution in [0.5, 0.6) is 0 Å². The van der Waals surface area contributed by atoms with Crippen LogP contribution in [0, 0.1) is 31.6 Å². The van der Waals surface area contributed by atoms with E-state index in [9.17, 15) is 14.4 Å². The van der Waals surface area contributed by atoms with Gasteiger partial charge in [0.1, 0.15) is 6.54 Å². The predicted molar refractivity (Wildman–Crippen MR) is 155 cm³/mol. The second-order valence-corrected chi connectivity index (χ2v) is 13.7. The van der Waals surface area contributed by atoms with Crippen LogP contribution in [-0.4, -0.2) is 64.3 Å². The number of carbonyl (C=O) groups excluding carboxylic acids is 3. The summed E-state index contributed by atoms with van der Waals surface area (Å²) in [7, 11) is 0. The molecule has 0 unspecified atom stereocenters. The zero-order chi connectivity index (χ0) is 27.6. The summed E-state index contributed by atoms with van der Waals surface area (Å²) in [4.78, 5) is 41.5. The van der Waals surface area contributed by atoms with Crippen molar-refractivity contribution in [2.75, 3.05) is 32.8 Å². The van der Waals surface area contributed by atoms with Gasteiger partial charge in [0, 0.05) is 30.2 Å². The number of imide groups is 1. The third-order valence-corrected chi connectivity index (χ3v) is 11.0. The van der Waals surface area contributed by atoms with Gasteiger partial charge in [-0.15, -0.1) is 0 Å². The molecule has 7 nitrogen and oxygen atoms in total. The first-order chi connectivity index (χ1) is 19.3. The van der Waals surface area contributed by atoms with E-state index in [2.05, 4.69) is 48.7 Å². The Bertz CT molecular complexity index is 1370. The fourth-order valence-electron chi connectivity index (χ4n) is 8.58. The summed E-state index contributed by atoms with van der Waals surface area (Å²) in [6, 6.07) is 11.3. The van der Waals surface area contributed by atoms with E-state index in [4.69, 9.17) is 4.74 Å².